The zero-order chi connectivity index (χ0) is 45.4. The van der Waals surface area contributed by atoms with Crippen molar-refractivity contribution in [2.45, 2.75) is 203 Å². The number of fused-ring (bicyclic) bond motifs is 4. The zero-order valence-electron chi connectivity index (χ0n) is 37.7. The second-order valence-electron chi connectivity index (χ2n) is 23.0. The Hall–Kier alpha value is -0.970. The first-order valence-corrected chi connectivity index (χ1v) is 23.6. The summed E-state index contributed by atoms with van der Waals surface area (Å²) >= 11 is 0. The topological polar surface area (TPSA) is 264 Å². The van der Waals surface area contributed by atoms with Gasteiger partial charge < -0.3 is 83.9 Å². The van der Waals surface area contributed by atoms with E-state index in [1.165, 1.54) is 0 Å². The Morgan fingerprint density at radius 3 is 2.05 bits per heavy atom. The summed E-state index contributed by atoms with van der Waals surface area (Å²) in [4.78, 5) is 12.5. The molecule has 1 spiro atoms. The number of hydrogen-bond acceptors (Lipinski definition) is 17. The molecular weight excluding hydrogens is 824 g/mol. The van der Waals surface area contributed by atoms with E-state index in [0.29, 0.717) is 25.4 Å². The summed E-state index contributed by atoms with van der Waals surface area (Å²) < 4.78 is 42.8. The highest BCUT2D eigenvalue weighted by Gasteiger charge is 2.80. The largest absolute Gasteiger partial charge is 0.394 e. The molecule has 360 valence electrons. The predicted octanol–water partition coefficient (Wildman–Crippen LogP) is 0.282. The molecule has 9 aliphatic rings. The summed E-state index contributed by atoms with van der Waals surface area (Å²) in [5, 5.41) is 97.3. The first-order chi connectivity index (χ1) is 29.6. The standard InChI is InChI=1S/C46H74O17/c1-40(2)25-7-11-43(5)26(8-12-46-27-15-41(3,20-48)13-14-45(27,21-59-46)28(50)16-44(43,46)6)42(25,4)10-9-29(40)62-37-35(56)32(53)24(19-58-37)61-39-36(33(54)31(52)23(17-47)60-39)63-38-34(55)30(51)22(49)18-57-38/h20,22-39,47,49-56H,7-19,21H2,1-6H3/t22-,23-,24-,25+,26+,27+,28+,29+,30+,31-,32+,33+,34+,35+,36-,37-,38+,39-,41-,42-,43-,44+,45-,46+/m1/s1. The molecule has 2 bridgehead atoms. The number of carbonyl (C=O) groups excluding carboxylic acids is 1. The number of hydrogen-bond donors (Lipinski definition) is 9. The van der Waals surface area contributed by atoms with Crippen molar-refractivity contribution in [3.05, 3.63) is 0 Å². The third kappa shape index (κ3) is 6.71. The Morgan fingerprint density at radius 1 is 0.651 bits per heavy atom. The van der Waals surface area contributed by atoms with Gasteiger partial charge in [-0.05, 0) is 98.2 Å². The maximum Gasteiger partial charge on any atom is 0.187 e. The molecule has 5 saturated carbocycles. The monoisotopic (exact) mass is 898 g/mol. The minimum atomic E-state index is -1.75. The SMILES string of the molecule is CC1(C)[C@@H](O[C@H]2OC[C@@H](O[C@H]3O[C@H](CO)[C@@H](O)[C@H](O)[C@H]3O[C@@H]3OC[C@@H](O)[C@H](O)[C@@H]3O)[C@H](O)[C@@H]2O)CC[C@]2(C)[C@H]1CC[C@]1(C)[C@H]2CC[C@]23OC[C@@]4(CC[C@@](C)(C=O)C[C@@H]42)[C@@H](O)C[C@]31C. The molecule has 0 aromatic heterocycles. The smallest absolute Gasteiger partial charge is 0.187 e. The normalized spacial score (nSPS) is 58.8. The predicted molar refractivity (Wildman–Crippen MR) is 218 cm³/mol. The van der Waals surface area contributed by atoms with Gasteiger partial charge in [0.15, 0.2) is 18.9 Å². The number of rotatable bonds is 8. The van der Waals surface area contributed by atoms with Crippen LogP contribution in [0.2, 0.25) is 0 Å². The van der Waals surface area contributed by atoms with Crippen molar-refractivity contribution in [1.29, 1.82) is 0 Å². The molecule has 17 heteroatoms. The lowest BCUT2D eigenvalue weighted by Gasteiger charge is -2.75. The second kappa shape index (κ2) is 16.1. The number of aldehydes is 1. The van der Waals surface area contributed by atoms with Crippen LogP contribution >= 0.6 is 0 Å². The number of aliphatic hydroxyl groups is 9. The maximum absolute atomic E-state index is 12.5. The molecule has 5 aliphatic carbocycles. The van der Waals surface area contributed by atoms with Crippen molar-refractivity contribution in [3.8, 4) is 0 Å². The van der Waals surface area contributed by atoms with E-state index in [9.17, 15) is 50.8 Å². The molecule has 9 fully saturated rings. The van der Waals surface area contributed by atoms with E-state index in [2.05, 4.69) is 41.5 Å². The minimum absolute atomic E-state index is 0.0623. The molecule has 9 N–H and O–H groups in total. The fourth-order valence-electron chi connectivity index (χ4n) is 15.9. The van der Waals surface area contributed by atoms with Crippen LogP contribution in [-0.4, -0.2) is 176 Å². The quantitative estimate of drug-likeness (QED) is 0.117. The average Bonchev–Trinajstić information content (AvgIpc) is 3.52. The zero-order valence-corrected chi connectivity index (χ0v) is 37.7. The fraction of sp³-hybridized carbons (Fsp3) is 0.978. The van der Waals surface area contributed by atoms with Crippen molar-refractivity contribution in [1.82, 2.24) is 0 Å². The first-order valence-electron chi connectivity index (χ1n) is 23.6. The van der Waals surface area contributed by atoms with Gasteiger partial charge in [0.2, 0.25) is 0 Å². The molecule has 9 rings (SSSR count). The molecule has 0 unspecified atom stereocenters. The summed E-state index contributed by atoms with van der Waals surface area (Å²) in [6, 6.07) is 0. The lowest BCUT2D eigenvalue weighted by Crippen LogP contribution is -2.74. The molecule has 0 aromatic carbocycles. The van der Waals surface area contributed by atoms with Crippen LogP contribution in [0.5, 0.6) is 0 Å². The van der Waals surface area contributed by atoms with Crippen molar-refractivity contribution in [2.24, 2.45) is 50.2 Å². The average molecular weight is 899 g/mol. The van der Waals surface area contributed by atoms with Gasteiger partial charge in [0.1, 0.15) is 67.3 Å². The molecule has 24 atom stereocenters. The van der Waals surface area contributed by atoms with Crippen LogP contribution in [0, 0.1) is 50.2 Å². The van der Waals surface area contributed by atoms with E-state index in [1.807, 2.05) is 0 Å². The van der Waals surface area contributed by atoms with Crippen LogP contribution in [0.4, 0.5) is 0 Å². The van der Waals surface area contributed by atoms with Gasteiger partial charge in [0, 0.05) is 16.2 Å². The van der Waals surface area contributed by atoms with E-state index in [1.54, 1.807) is 0 Å². The van der Waals surface area contributed by atoms with E-state index in [-0.39, 0.29) is 51.6 Å². The molecule has 0 aromatic rings. The van der Waals surface area contributed by atoms with Crippen LogP contribution in [0.1, 0.15) is 106 Å². The van der Waals surface area contributed by atoms with Crippen LogP contribution in [0.15, 0.2) is 0 Å². The van der Waals surface area contributed by atoms with Gasteiger partial charge in [0.25, 0.3) is 0 Å². The Kier molecular flexibility index (Phi) is 12.0. The maximum atomic E-state index is 12.5. The third-order valence-electron chi connectivity index (χ3n) is 19.8. The lowest BCUT2D eigenvalue weighted by molar-refractivity contribution is -0.378. The summed E-state index contributed by atoms with van der Waals surface area (Å²) in [6.45, 7) is 13.0. The molecule has 0 amide bonds. The minimum Gasteiger partial charge on any atom is -0.394 e. The summed E-state index contributed by atoms with van der Waals surface area (Å²) in [5.74, 6) is 0.737. The molecule has 4 saturated heterocycles. The Morgan fingerprint density at radius 2 is 1.33 bits per heavy atom. The van der Waals surface area contributed by atoms with E-state index in [0.717, 1.165) is 57.7 Å². The highest BCUT2D eigenvalue weighted by atomic mass is 16.8. The van der Waals surface area contributed by atoms with Crippen molar-refractivity contribution in [3.63, 3.8) is 0 Å². The number of carbonyl (C=O) groups is 1. The van der Waals surface area contributed by atoms with E-state index in [4.69, 9.17) is 33.2 Å². The number of ether oxygens (including phenoxy) is 7. The van der Waals surface area contributed by atoms with Crippen molar-refractivity contribution < 1.29 is 83.9 Å². The molecule has 63 heavy (non-hydrogen) atoms. The van der Waals surface area contributed by atoms with Crippen LogP contribution in [0.3, 0.4) is 0 Å². The second-order valence-corrected chi connectivity index (χ2v) is 23.0. The first kappa shape index (κ1) is 47.1. The molecule has 17 nitrogen and oxygen atoms in total. The number of aliphatic hydroxyl groups excluding tert-OH is 9. The molecular formula is C46H74O17. The summed E-state index contributed by atoms with van der Waals surface area (Å²) in [5.41, 5.74) is -1.95. The van der Waals surface area contributed by atoms with E-state index >= 15 is 0 Å². The molecule has 4 heterocycles. The molecule has 0 radical (unpaired) electrons. The third-order valence-corrected chi connectivity index (χ3v) is 19.8. The van der Waals surface area contributed by atoms with Crippen molar-refractivity contribution in [2.75, 3.05) is 26.4 Å². The van der Waals surface area contributed by atoms with Crippen molar-refractivity contribution >= 4 is 6.29 Å². The van der Waals surface area contributed by atoms with Gasteiger partial charge in [0.05, 0.1) is 44.2 Å². The van der Waals surface area contributed by atoms with Crippen LogP contribution in [0.25, 0.3) is 0 Å². The highest BCUT2D eigenvalue weighted by molar-refractivity contribution is 5.59. The van der Waals surface area contributed by atoms with E-state index < -0.39 is 110 Å². The lowest BCUT2D eigenvalue weighted by atomic mass is 9.30. The van der Waals surface area contributed by atoms with Crippen LogP contribution < -0.4 is 0 Å². The molecule has 4 aliphatic heterocycles. The summed E-state index contributed by atoms with van der Waals surface area (Å²) in [7, 11) is 0. The Bertz CT molecular complexity index is 1700. The van der Waals surface area contributed by atoms with Gasteiger partial charge >= 0.3 is 0 Å². The Labute approximate surface area is 369 Å². The van der Waals surface area contributed by atoms with Gasteiger partial charge in [-0.3, -0.25) is 0 Å². The van der Waals surface area contributed by atoms with Gasteiger partial charge in [-0.25, -0.2) is 0 Å². The Balaban J connectivity index is 0.881. The fourth-order valence-corrected chi connectivity index (χ4v) is 15.9. The van der Waals surface area contributed by atoms with Crippen LogP contribution in [-0.2, 0) is 38.0 Å². The van der Waals surface area contributed by atoms with Gasteiger partial charge in [-0.15, -0.1) is 0 Å². The summed E-state index contributed by atoms with van der Waals surface area (Å²) in [6.07, 6.45) is -11.1. The highest BCUT2D eigenvalue weighted by Crippen LogP contribution is 2.80. The van der Waals surface area contributed by atoms with Gasteiger partial charge in [-0.1, -0.05) is 41.5 Å². The van der Waals surface area contributed by atoms with Gasteiger partial charge in [-0.2, -0.15) is 0 Å².